The summed E-state index contributed by atoms with van der Waals surface area (Å²) in [6.07, 6.45) is 0.242. The number of halogens is 1. The summed E-state index contributed by atoms with van der Waals surface area (Å²) < 4.78 is 5.18. The molecule has 0 saturated carbocycles. The molecule has 0 aliphatic heterocycles. The van der Waals surface area contributed by atoms with Crippen LogP contribution in [0.25, 0.3) is 0 Å². The van der Waals surface area contributed by atoms with Crippen molar-refractivity contribution in [2.75, 3.05) is 0 Å². The first-order valence-corrected chi connectivity index (χ1v) is 5.62. The molecule has 0 saturated heterocycles. The molecule has 0 amide bonds. The third-order valence-corrected chi connectivity index (χ3v) is 2.56. The van der Waals surface area contributed by atoms with Crippen molar-refractivity contribution in [1.29, 1.82) is 0 Å². The Morgan fingerprint density at radius 1 is 1.00 bits per heavy atom. The van der Waals surface area contributed by atoms with Gasteiger partial charge in [0.1, 0.15) is 5.75 Å². The first-order chi connectivity index (χ1) is 8.25. The molecule has 2 nitrogen and oxygen atoms in total. The van der Waals surface area contributed by atoms with Crippen LogP contribution in [-0.2, 0) is 11.2 Å². The van der Waals surface area contributed by atoms with Gasteiger partial charge in [-0.1, -0.05) is 54.1 Å². The second kappa shape index (κ2) is 5.51. The maximum absolute atomic E-state index is 11.7. The molecule has 0 fully saturated rings. The van der Waals surface area contributed by atoms with E-state index in [2.05, 4.69) is 0 Å². The Kier molecular flexibility index (Phi) is 3.78. The Bertz CT molecular complexity index is 509. The van der Waals surface area contributed by atoms with Gasteiger partial charge in [-0.05, 0) is 17.7 Å². The number of carbonyl (C=O) groups is 1. The standard InChI is InChI=1S/C14H11ClO2/c15-12-8-4-5-9-13(12)17-14(16)10-11-6-2-1-3-7-11/h1-9H,10H2. The summed E-state index contributed by atoms with van der Waals surface area (Å²) in [5.41, 5.74) is 0.921. The van der Waals surface area contributed by atoms with Gasteiger partial charge in [0.05, 0.1) is 11.4 Å². The molecule has 0 N–H and O–H groups in total. The van der Waals surface area contributed by atoms with Crippen molar-refractivity contribution in [3.63, 3.8) is 0 Å². The van der Waals surface area contributed by atoms with Crippen molar-refractivity contribution in [3.8, 4) is 5.75 Å². The third kappa shape index (κ3) is 3.33. The Hall–Kier alpha value is -1.80. The number of para-hydroxylation sites is 1. The van der Waals surface area contributed by atoms with Gasteiger partial charge in [0.15, 0.2) is 0 Å². The Balaban J connectivity index is 2.01. The molecule has 0 spiro atoms. The van der Waals surface area contributed by atoms with Crippen LogP contribution in [0.15, 0.2) is 54.6 Å². The lowest BCUT2D eigenvalue weighted by Gasteiger charge is -2.05. The number of carbonyl (C=O) groups excluding carboxylic acids is 1. The summed E-state index contributed by atoms with van der Waals surface area (Å²) in [6, 6.07) is 16.4. The molecular weight excluding hydrogens is 236 g/mol. The lowest BCUT2D eigenvalue weighted by molar-refractivity contribution is -0.133. The van der Waals surface area contributed by atoms with Gasteiger partial charge < -0.3 is 4.74 Å². The minimum absolute atomic E-state index is 0.242. The lowest BCUT2D eigenvalue weighted by atomic mass is 10.2. The fourth-order valence-corrected chi connectivity index (χ4v) is 1.62. The van der Waals surface area contributed by atoms with E-state index in [1.54, 1.807) is 24.3 Å². The zero-order valence-electron chi connectivity index (χ0n) is 9.10. The van der Waals surface area contributed by atoms with Crippen LogP contribution in [0.2, 0.25) is 5.02 Å². The van der Waals surface area contributed by atoms with Gasteiger partial charge in [-0.25, -0.2) is 0 Å². The average molecular weight is 247 g/mol. The quantitative estimate of drug-likeness (QED) is 0.612. The monoisotopic (exact) mass is 246 g/mol. The highest BCUT2D eigenvalue weighted by molar-refractivity contribution is 6.32. The Morgan fingerprint density at radius 3 is 2.35 bits per heavy atom. The van der Waals surface area contributed by atoms with Gasteiger partial charge >= 0.3 is 5.97 Å². The van der Waals surface area contributed by atoms with E-state index in [0.717, 1.165) is 5.56 Å². The second-order valence-corrected chi connectivity index (χ2v) is 3.97. The smallest absolute Gasteiger partial charge is 0.315 e. The Labute approximate surface area is 105 Å². The number of rotatable bonds is 3. The van der Waals surface area contributed by atoms with E-state index in [4.69, 9.17) is 16.3 Å². The summed E-state index contributed by atoms with van der Waals surface area (Å²) in [6.45, 7) is 0. The van der Waals surface area contributed by atoms with Crippen LogP contribution in [-0.4, -0.2) is 5.97 Å². The van der Waals surface area contributed by atoms with E-state index >= 15 is 0 Å². The van der Waals surface area contributed by atoms with Crippen molar-refractivity contribution >= 4 is 17.6 Å². The molecule has 0 aliphatic carbocycles. The molecule has 2 aromatic carbocycles. The van der Waals surface area contributed by atoms with E-state index < -0.39 is 0 Å². The molecule has 0 heterocycles. The second-order valence-electron chi connectivity index (χ2n) is 3.57. The maximum atomic E-state index is 11.7. The molecule has 2 rings (SSSR count). The van der Waals surface area contributed by atoms with Crippen molar-refractivity contribution in [2.24, 2.45) is 0 Å². The predicted octanol–water partition coefficient (Wildman–Crippen LogP) is 3.49. The topological polar surface area (TPSA) is 26.3 Å². The first-order valence-electron chi connectivity index (χ1n) is 5.25. The molecule has 0 bridgehead atoms. The molecule has 2 aromatic rings. The van der Waals surface area contributed by atoms with Crippen LogP contribution in [0.4, 0.5) is 0 Å². The number of esters is 1. The maximum Gasteiger partial charge on any atom is 0.315 e. The van der Waals surface area contributed by atoms with Gasteiger partial charge in [0.25, 0.3) is 0 Å². The highest BCUT2D eigenvalue weighted by atomic mass is 35.5. The van der Waals surface area contributed by atoms with Gasteiger partial charge in [-0.2, -0.15) is 0 Å². The van der Waals surface area contributed by atoms with Crippen molar-refractivity contribution in [2.45, 2.75) is 6.42 Å². The summed E-state index contributed by atoms with van der Waals surface area (Å²) >= 11 is 5.89. The van der Waals surface area contributed by atoms with Crippen LogP contribution in [0.5, 0.6) is 5.75 Å². The molecule has 0 atom stereocenters. The Morgan fingerprint density at radius 2 is 1.65 bits per heavy atom. The summed E-state index contributed by atoms with van der Waals surface area (Å²) in [7, 11) is 0. The number of benzene rings is 2. The molecule has 0 radical (unpaired) electrons. The summed E-state index contributed by atoms with van der Waals surface area (Å²) in [5.74, 6) is 0.0828. The van der Waals surface area contributed by atoms with Gasteiger partial charge in [0.2, 0.25) is 0 Å². The largest absolute Gasteiger partial charge is 0.425 e. The van der Waals surface area contributed by atoms with Crippen molar-refractivity contribution in [3.05, 3.63) is 65.2 Å². The lowest BCUT2D eigenvalue weighted by Crippen LogP contribution is -2.11. The minimum atomic E-state index is -0.315. The zero-order chi connectivity index (χ0) is 12.1. The van der Waals surface area contributed by atoms with Crippen LogP contribution in [0, 0.1) is 0 Å². The third-order valence-electron chi connectivity index (χ3n) is 2.25. The van der Waals surface area contributed by atoms with E-state index in [9.17, 15) is 4.79 Å². The molecule has 86 valence electrons. The van der Waals surface area contributed by atoms with Crippen LogP contribution in [0.3, 0.4) is 0 Å². The van der Waals surface area contributed by atoms with E-state index in [-0.39, 0.29) is 12.4 Å². The highest BCUT2D eigenvalue weighted by Crippen LogP contribution is 2.23. The van der Waals surface area contributed by atoms with Gasteiger partial charge in [-0.15, -0.1) is 0 Å². The number of hydrogen-bond acceptors (Lipinski definition) is 2. The molecule has 0 aromatic heterocycles. The van der Waals surface area contributed by atoms with E-state index in [1.807, 2.05) is 30.3 Å². The number of ether oxygens (including phenoxy) is 1. The fraction of sp³-hybridized carbons (Fsp3) is 0.0714. The van der Waals surface area contributed by atoms with Crippen molar-refractivity contribution in [1.82, 2.24) is 0 Å². The normalized spacial score (nSPS) is 9.94. The summed E-state index contributed by atoms with van der Waals surface area (Å²) in [4.78, 5) is 11.7. The molecule has 3 heteroatoms. The van der Waals surface area contributed by atoms with Crippen LogP contribution < -0.4 is 4.74 Å². The highest BCUT2D eigenvalue weighted by Gasteiger charge is 2.08. The van der Waals surface area contributed by atoms with E-state index in [1.165, 1.54) is 0 Å². The molecule has 17 heavy (non-hydrogen) atoms. The fourth-order valence-electron chi connectivity index (χ4n) is 1.45. The molecule has 0 unspecified atom stereocenters. The predicted molar refractivity (Wildman–Crippen MR) is 67.2 cm³/mol. The first kappa shape index (κ1) is 11.7. The molecular formula is C14H11ClO2. The SMILES string of the molecule is O=C(Cc1ccccc1)Oc1ccccc1Cl. The molecule has 0 aliphatic rings. The number of hydrogen-bond donors (Lipinski definition) is 0. The van der Waals surface area contributed by atoms with Gasteiger partial charge in [0, 0.05) is 0 Å². The summed E-state index contributed by atoms with van der Waals surface area (Å²) in [5, 5.41) is 0.439. The minimum Gasteiger partial charge on any atom is -0.425 e. The average Bonchev–Trinajstić information content (AvgIpc) is 2.33. The van der Waals surface area contributed by atoms with E-state index in [0.29, 0.717) is 10.8 Å². The van der Waals surface area contributed by atoms with Crippen LogP contribution >= 0.6 is 11.6 Å². The zero-order valence-corrected chi connectivity index (χ0v) is 9.85. The van der Waals surface area contributed by atoms with Gasteiger partial charge in [-0.3, -0.25) is 4.79 Å². The van der Waals surface area contributed by atoms with Crippen LogP contribution in [0.1, 0.15) is 5.56 Å². The van der Waals surface area contributed by atoms with Crippen molar-refractivity contribution < 1.29 is 9.53 Å².